The molecule has 0 radical (unpaired) electrons. The highest BCUT2D eigenvalue weighted by molar-refractivity contribution is 5.18. The lowest BCUT2D eigenvalue weighted by atomic mass is 9.43. The zero-order chi connectivity index (χ0) is 16.1. The number of rotatable bonds is 0. The van der Waals surface area contributed by atoms with Crippen LogP contribution in [0.3, 0.4) is 0 Å². The fourth-order valence-corrected chi connectivity index (χ4v) is 9.27. The minimum Gasteiger partial charge on any atom is -0.393 e. The molecule has 6 fully saturated rings. The summed E-state index contributed by atoms with van der Waals surface area (Å²) in [7, 11) is 0. The summed E-state index contributed by atoms with van der Waals surface area (Å²) >= 11 is 0. The fourth-order valence-electron chi connectivity index (χ4n) is 9.27. The normalized spacial score (nSPS) is 64.2. The first-order chi connectivity index (χ1) is 11.6. The van der Waals surface area contributed by atoms with Gasteiger partial charge in [-0.05, 0) is 106 Å². The Hall–Kier alpha value is -0.0800. The number of aliphatic hydroxyl groups is 1. The Morgan fingerprint density at radius 1 is 0.833 bits per heavy atom. The second-order valence-corrected chi connectivity index (χ2v) is 10.7. The quantitative estimate of drug-likeness (QED) is 0.661. The van der Waals surface area contributed by atoms with E-state index in [2.05, 4.69) is 6.92 Å². The molecule has 0 aromatic carbocycles. The van der Waals surface area contributed by atoms with Gasteiger partial charge in [-0.1, -0.05) is 6.92 Å². The highest BCUT2D eigenvalue weighted by atomic mass is 16.6. The average molecular weight is 331 g/mol. The summed E-state index contributed by atoms with van der Waals surface area (Å²) in [5.74, 6) is 4.68. The summed E-state index contributed by atoms with van der Waals surface area (Å²) in [5, 5.41) is 10.2. The van der Waals surface area contributed by atoms with Crippen molar-refractivity contribution in [3.8, 4) is 0 Å². The van der Waals surface area contributed by atoms with Gasteiger partial charge in [0.1, 0.15) is 0 Å². The first kappa shape index (κ1) is 15.0. The number of aliphatic hydroxyl groups excluding tert-OH is 1. The van der Waals surface area contributed by atoms with Crippen LogP contribution in [0.1, 0.15) is 77.6 Å². The van der Waals surface area contributed by atoms with Crippen LogP contribution >= 0.6 is 0 Å². The Labute approximate surface area is 146 Å². The monoisotopic (exact) mass is 330 g/mol. The molecule has 1 saturated heterocycles. The predicted octanol–water partition coefficient (Wildman–Crippen LogP) is 4.55. The maximum atomic E-state index is 10.2. The van der Waals surface area contributed by atoms with Crippen LogP contribution in [-0.4, -0.2) is 23.4 Å². The van der Waals surface area contributed by atoms with Gasteiger partial charge in [0.2, 0.25) is 0 Å². The summed E-state index contributed by atoms with van der Waals surface area (Å²) < 4.78 is 6.24. The lowest BCUT2D eigenvalue weighted by Gasteiger charge is -2.61. The van der Waals surface area contributed by atoms with E-state index in [1.54, 1.807) is 0 Å². The average Bonchev–Trinajstić information content (AvgIpc) is 3.28. The zero-order valence-electron chi connectivity index (χ0n) is 15.3. The van der Waals surface area contributed by atoms with Crippen molar-refractivity contribution < 1.29 is 9.84 Å². The van der Waals surface area contributed by atoms with Crippen LogP contribution in [0.5, 0.6) is 0 Å². The molecule has 1 aliphatic heterocycles. The van der Waals surface area contributed by atoms with Crippen LogP contribution in [0, 0.1) is 40.4 Å². The second-order valence-electron chi connectivity index (χ2n) is 10.7. The van der Waals surface area contributed by atoms with Gasteiger partial charge in [0.05, 0.1) is 18.3 Å². The molecular formula is C22H34O2. The lowest BCUT2D eigenvalue weighted by Crippen LogP contribution is -2.56. The van der Waals surface area contributed by atoms with Gasteiger partial charge in [0, 0.05) is 5.41 Å². The number of epoxide rings is 1. The molecule has 0 amide bonds. The largest absolute Gasteiger partial charge is 0.393 e. The Morgan fingerprint density at radius 2 is 1.67 bits per heavy atom. The van der Waals surface area contributed by atoms with E-state index in [0.29, 0.717) is 23.0 Å². The summed E-state index contributed by atoms with van der Waals surface area (Å²) in [6.45, 7) is 2.61. The molecular weight excluding hydrogens is 296 g/mol. The van der Waals surface area contributed by atoms with Crippen LogP contribution in [-0.2, 0) is 4.74 Å². The molecule has 5 aliphatic carbocycles. The van der Waals surface area contributed by atoms with Crippen molar-refractivity contribution in [1.82, 2.24) is 0 Å². The number of ether oxygens (including phenoxy) is 1. The van der Waals surface area contributed by atoms with Gasteiger partial charge < -0.3 is 9.84 Å². The van der Waals surface area contributed by atoms with Gasteiger partial charge in [-0.2, -0.15) is 0 Å². The maximum absolute atomic E-state index is 10.2. The molecule has 134 valence electrons. The van der Waals surface area contributed by atoms with E-state index in [4.69, 9.17) is 4.74 Å². The molecule has 2 heteroatoms. The van der Waals surface area contributed by atoms with Crippen LogP contribution in [0.4, 0.5) is 0 Å². The van der Waals surface area contributed by atoms with Gasteiger partial charge in [0.15, 0.2) is 0 Å². The Bertz CT molecular complexity index is 546. The smallest absolute Gasteiger partial charge is 0.0903 e. The molecule has 10 atom stereocenters. The third-order valence-corrected chi connectivity index (χ3v) is 10.3. The van der Waals surface area contributed by atoms with E-state index in [-0.39, 0.29) is 6.10 Å². The summed E-state index contributed by atoms with van der Waals surface area (Å²) in [4.78, 5) is 0. The molecule has 1 spiro atoms. The molecule has 0 bridgehead atoms. The van der Waals surface area contributed by atoms with Crippen LogP contribution in [0.2, 0.25) is 0 Å². The SMILES string of the molecule is C[C@]12CC[C@@H](O)C[C@H]1CC[C@@H]1[C@@H]2CC[C@]23[C@@H](CC[C@H]4O[C@H]42)CC[C@@H]13. The van der Waals surface area contributed by atoms with Gasteiger partial charge in [-0.3, -0.25) is 0 Å². The highest BCUT2D eigenvalue weighted by Gasteiger charge is 2.70. The van der Waals surface area contributed by atoms with E-state index in [1.165, 1.54) is 57.8 Å². The van der Waals surface area contributed by atoms with E-state index in [0.717, 1.165) is 42.4 Å². The third kappa shape index (κ3) is 1.71. The third-order valence-electron chi connectivity index (χ3n) is 10.3. The topological polar surface area (TPSA) is 32.8 Å². The minimum absolute atomic E-state index is 0.00983. The molecule has 2 nitrogen and oxygen atoms in total. The first-order valence-electron chi connectivity index (χ1n) is 11.0. The van der Waals surface area contributed by atoms with Crippen molar-refractivity contribution in [2.24, 2.45) is 40.4 Å². The molecule has 0 aromatic heterocycles. The molecule has 6 rings (SSSR count). The standard InChI is InChI=1S/C22H34O2/c1-21-10-8-15(23)12-14(21)2-5-16-17(21)9-11-22-13(3-6-18(16)22)4-7-19-20(22)24-19/h13-20,23H,2-12H2,1H3/t13-,14-,15-,16-,17+,18+,19-,20-,21+,22-/m1/s1. The molecule has 24 heavy (non-hydrogen) atoms. The van der Waals surface area contributed by atoms with Crippen molar-refractivity contribution in [3.05, 3.63) is 0 Å². The molecule has 6 aliphatic rings. The van der Waals surface area contributed by atoms with Crippen LogP contribution < -0.4 is 0 Å². The number of hydrogen-bond acceptors (Lipinski definition) is 2. The van der Waals surface area contributed by atoms with Gasteiger partial charge in [-0.25, -0.2) is 0 Å². The van der Waals surface area contributed by atoms with Crippen LogP contribution in [0.25, 0.3) is 0 Å². The Balaban J connectivity index is 1.34. The van der Waals surface area contributed by atoms with Gasteiger partial charge in [0.25, 0.3) is 0 Å². The van der Waals surface area contributed by atoms with Crippen molar-refractivity contribution in [3.63, 3.8) is 0 Å². The van der Waals surface area contributed by atoms with Gasteiger partial charge in [-0.15, -0.1) is 0 Å². The maximum Gasteiger partial charge on any atom is 0.0903 e. The van der Waals surface area contributed by atoms with Crippen molar-refractivity contribution >= 4 is 0 Å². The molecule has 5 saturated carbocycles. The fraction of sp³-hybridized carbons (Fsp3) is 1.00. The Kier molecular flexibility index (Phi) is 3.00. The van der Waals surface area contributed by atoms with E-state index < -0.39 is 0 Å². The Morgan fingerprint density at radius 3 is 2.58 bits per heavy atom. The minimum atomic E-state index is -0.00983. The highest BCUT2D eigenvalue weighted by Crippen LogP contribution is 2.72. The number of fused-ring (bicyclic) bond motifs is 5. The van der Waals surface area contributed by atoms with Crippen molar-refractivity contribution in [1.29, 1.82) is 0 Å². The predicted molar refractivity (Wildman–Crippen MR) is 93.4 cm³/mol. The van der Waals surface area contributed by atoms with Crippen LogP contribution in [0.15, 0.2) is 0 Å². The van der Waals surface area contributed by atoms with Gasteiger partial charge >= 0.3 is 0 Å². The lowest BCUT2D eigenvalue weighted by molar-refractivity contribution is -0.136. The van der Waals surface area contributed by atoms with E-state index >= 15 is 0 Å². The first-order valence-corrected chi connectivity index (χ1v) is 11.0. The molecule has 1 N–H and O–H groups in total. The van der Waals surface area contributed by atoms with Crippen molar-refractivity contribution in [2.45, 2.75) is 95.9 Å². The second kappa shape index (κ2) is 4.80. The number of hydrogen-bond donors (Lipinski definition) is 1. The molecule has 1 heterocycles. The zero-order valence-corrected chi connectivity index (χ0v) is 15.3. The summed E-state index contributed by atoms with van der Waals surface area (Å²) in [6, 6.07) is 0. The summed E-state index contributed by atoms with van der Waals surface area (Å²) in [5.41, 5.74) is 1.13. The van der Waals surface area contributed by atoms with E-state index in [9.17, 15) is 5.11 Å². The van der Waals surface area contributed by atoms with E-state index in [1.807, 2.05) is 0 Å². The summed E-state index contributed by atoms with van der Waals surface area (Å²) in [6.07, 6.45) is 16.3. The molecule has 0 aromatic rings. The van der Waals surface area contributed by atoms with Crippen molar-refractivity contribution in [2.75, 3.05) is 0 Å². The molecule has 0 unspecified atom stereocenters.